The molecule has 0 atom stereocenters. The van der Waals surface area contributed by atoms with Crippen LogP contribution in [0.2, 0.25) is 0 Å². The summed E-state index contributed by atoms with van der Waals surface area (Å²) in [5.74, 6) is 1.19. The number of thioether (sulfide) groups is 1. The third-order valence-electron chi connectivity index (χ3n) is 1.82. The first-order chi connectivity index (χ1) is 6.77. The van der Waals surface area contributed by atoms with Gasteiger partial charge in [-0.3, -0.25) is 4.79 Å². The van der Waals surface area contributed by atoms with E-state index >= 15 is 0 Å². The van der Waals surface area contributed by atoms with Crippen molar-refractivity contribution in [1.82, 2.24) is 0 Å². The van der Waals surface area contributed by atoms with Gasteiger partial charge in [-0.2, -0.15) is 0 Å². The van der Waals surface area contributed by atoms with E-state index in [0.29, 0.717) is 6.42 Å². The van der Waals surface area contributed by atoms with E-state index in [1.807, 2.05) is 24.3 Å². The van der Waals surface area contributed by atoms with Gasteiger partial charge in [-0.1, -0.05) is 25.1 Å². The Balaban J connectivity index is 2.72. The third-order valence-corrected chi connectivity index (χ3v) is 2.71. The van der Waals surface area contributed by atoms with Gasteiger partial charge in [0, 0.05) is 16.9 Å². The van der Waals surface area contributed by atoms with Crippen molar-refractivity contribution in [2.45, 2.75) is 18.2 Å². The molecule has 74 valence electrons. The molecule has 0 heterocycles. The second kappa shape index (κ2) is 5.66. The molecular weight excluding hydrogens is 192 g/mol. The number of carbonyl (C=O) groups excluding carboxylic acids is 1. The number of hydrogen-bond acceptors (Lipinski definition) is 2. The number of carbonyl (C=O) groups is 1. The highest BCUT2D eigenvalue weighted by Gasteiger charge is 2.02. The zero-order valence-electron chi connectivity index (χ0n) is 8.32. The van der Waals surface area contributed by atoms with E-state index in [2.05, 4.69) is 13.5 Å². The molecule has 1 aromatic carbocycles. The Morgan fingerprint density at radius 2 is 2.07 bits per heavy atom. The second-order valence-corrected chi connectivity index (χ2v) is 4.21. The molecule has 0 fully saturated rings. The molecular formula is C12H14OS. The van der Waals surface area contributed by atoms with Gasteiger partial charge < -0.3 is 0 Å². The molecule has 0 saturated heterocycles. The van der Waals surface area contributed by atoms with E-state index in [0.717, 1.165) is 11.3 Å². The molecule has 0 aliphatic rings. The Labute approximate surface area is 89.2 Å². The fraction of sp³-hybridized carbons (Fsp3) is 0.250. The maximum Gasteiger partial charge on any atom is 0.166 e. The number of Topliss-reactive ketones (excluding diaryl/α,β-unsaturated/α-hetero) is 1. The molecule has 0 spiro atoms. The lowest BCUT2D eigenvalue weighted by Gasteiger charge is -2.00. The van der Waals surface area contributed by atoms with Gasteiger partial charge >= 0.3 is 0 Å². The lowest BCUT2D eigenvalue weighted by molar-refractivity contribution is 0.0996. The number of ketones is 1. The Bertz CT molecular complexity index is 314. The molecule has 1 rings (SSSR count). The molecule has 2 heteroatoms. The van der Waals surface area contributed by atoms with Crippen LogP contribution in [0.1, 0.15) is 23.7 Å². The van der Waals surface area contributed by atoms with E-state index in [1.165, 1.54) is 4.90 Å². The van der Waals surface area contributed by atoms with Crippen LogP contribution in [0.3, 0.4) is 0 Å². The van der Waals surface area contributed by atoms with E-state index in [9.17, 15) is 4.79 Å². The van der Waals surface area contributed by atoms with E-state index in [1.54, 1.807) is 17.8 Å². The van der Waals surface area contributed by atoms with Crippen molar-refractivity contribution in [3.05, 3.63) is 42.5 Å². The van der Waals surface area contributed by atoms with Gasteiger partial charge in [-0.25, -0.2) is 0 Å². The molecule has 0 N–H and O–H groups in total. The fourth-order valence-corrected chi connectivity index (χ4v) is 1.81. The normalized spacial score (nSPS) is 9.79. The summed E-state index contributed by atoms with van der Waals surface area (Å²) < 4.78 is 0. The molecule has 1 nitrogen and oxygen atoms in total. The van der Waals surface area contributed by atoms with Gasteiger partial charge in [0.25, 0.3) is 0 Å². The molecule has 0 aliphatic carbocycles. The molecule has 1 aromatic rings. The van der Waals surface area contributed by atoms with E-state index in [4.69, 9.17) is 0 Å². The molecule has 14 heavy (non-hydrogen) atoms. The topological polar surface area (TPSA) is 17.1 Å². The van der Waals surface area contributed by atoms with Gasteiger partial charge in [0.1, 0.15) is 0 Å². The van der Waals surface area contributed by atoms with Gasteiger partial charge in [-0.15, -0.1) is 18.3 Å². The van der Waals surface area contributed by atoms with Crippen LogP contribution in [0.25, 0.3) is 0 Å². The SMILES string of the molecule is C=CCC(=O)c1ccc(SCC)cc1. The smallest absolute Gasteiger partial charge is 0.166 e. The van der Waals surface area contributed by atoms with Crippen LogP contribution in [0.15, 0.2) is 41.8 Å². The zero-order chi connectivity index (χ0) is 10.4. The van der Waals surface area contributed by atoms with E-state index < -0.39 is 0 Å². The molecule has 0 aromatic heterocycles. The first-order valence-electron chi connectivity index (χ1n) is 4.65. The lowest BCUT2D eigenvalue weighted by Crippen LogP contribution is -1.95. The number of allylic oxidation sites excluding steroid dienone is 1. The highest BCUT2D eigenvalue weighted by Crippen LogP contribution is 2.18. The van der Waals surface area contributed by atoms with Crippen molar-refractivity contribution >= 4 is 17.5 Å². The minimum absolute atomic E-state index is 0.132. The monoisotopic (exact) mass is 206 g/mol. The predicted octanol–water partition coefficient (Wildman–Crippen LogP) is 3.56. The third kappa shape index (κ3) is 3.04. The molecule has 0 bridgehead atoms. The van der Waals surface area contributed by atoms with Gasteiger partial charge in [0.15, 0.2) is 5.78 Å². The predicted molar refractivity (Wildman–Crippen MR) is 62.0 cm³/mol. The van der Waals surface area contributed by atoms with Crippen LogP contribution in [0.5, 0.6) is 0 Å². The minimum Gasteiger partial charge on any atom is -0.294 e. The Hall–Kier alpha value is -1.02. The number of hydrogen-bond donors (Lipinski definition) is 0. The Morgan fingerprint density at radius 1 is 1.43 bits per heavy atom. The van der Waals surface area contributed by atoms with Crippen molar-refractivity contribution < 1.29 is 4.79 Å². The Morgan fingerprint density at radius 3 is 2.57 bits per heavy atom. The molecule has 0 unspecified atom stereocenters. The lowest BCUT2D eigenvalue weighted by atomic mass is 10.1. The minimum atomic E-state index is 0.132. The van der Waals surface area contributed by atoms with Crippen molar-refractivity contribution in [1.29, 1.82) is 0 Å². The highest BCUT2D eigenvalue weighted by atomic mass is 32.2. The summed E-state index contributed by atoms with van der Waals surface area (Å²) in [4.78, 5) is 12.6. The summed E-state index contributed by atoms with van der Waals surface area (Å²) in [6.45, 7) is 5.66. The van der Waals surface area contributed by atoms with Crippen LogP contribution in [-0.2, 0) is 0 Å². The van der Waals surface area contributed by atoms with Crippen LogP contribution in [0, 0.1) is 0 Å². The molecule has 0 radical (unpaired) electrons. The molecule has 0 aliphatic heterocycles. The van der Waals surface area contributed by atoms with Crippen LogP contribution in [0.4, 0.5) is 0 Å². The summed E-state index contributed by atoms with van der Waals surface area (Å²) in [7, 11) is 0. The van der Waals surface area contributed by atoms with E-state index in [-0.39, 0.29) is 5.78 Å². The maximum atomic E-state index is 11.4. The van der Waals surface area contributed by atoms with Gasteiger partial charge in [0.2, 0.25) is 0 Å². The van der Waals surface area contributed by atoms with Gasteiger partial charge in [-0.05, 0) is 17.9 Å². The average molecular weight is 206 g/mol. The van der Waals surface area contributed by atoms with Crippen LogP contribution >= 0.6 is 11.8 Å². The van der Waals surface area contributed by atoms with Crippen molar-refractivity contribution in [3.63, 3.8) is 0 Å². The summed E-state index contributed by atoms with van der Waals surface area (Å²) in [5.41, 5.74) is 0.769. The maximum absolute atomic E-state index is 11.4. The van der Waals surface area contributed by atoms with Crippen molar-refractivity contribution in [2.75, 3.05) is 5.75 Å². The highest BCUT2D eigenvalue weighted by molar-refractivity contribution is 7.99. The summed E-state index contributed by atoms with van der Waals surface area (Å²) >= 11 is 1.78. The first kappa shape index (κ1) is 11.1. The fourth-order valence-electron chi connectivity index (χ4n) is 1.15. The number of benzene rings is 1. The largest absolute Gasteiger partial charge is 0.294 e. The summed E-state index contributed by atoms with van der Waals surface area (Å²) in [6.07, 6.45) is 2.05. The van der Waals surface area contributed by atoms with Crippen LogP contribution < -0.4 is 0 Å². The van der Waals surface area contributed by atoms with Crippen molar-refractivity contribution in [3.8, 4) is 0 Å². The number of rotatable bonds is 5. The quantitative estimate of drug-likeness (QED) is 0.416. The zero-order valence-corrected chi connectivity index (χ0v) is 9.14. The van der Waals surface area contributed by atoms with Gasteiger partial charge in [0.05, 0.1) is 0 Å². The second-order valence-electron chi connectivity index (χ2n) is 2.87. The molecule has 0 saturated carbocycles. The van der Waals surface area contributed by atoms with Crippen molar-refractivity contribution in [2.24, 2.45) is 0 Å². The average Bonchev–Trinajstić information content (AvgIpc) is 2.20. The molecule has 0 amide bonds. The van der Waals surface area contributed by atoms with Crippen LogP contribution in [-0.4, -0.2) is 11.5 Å². The summed E-state index contributed by atoms with van der Waals surface area (Å²) in [6, 6.07) is 7.74. The standard InChI is InChI=1S/C12H14OS/c1-3-5-12(13)10-6-8-11(9-7-10)14-4-2/h3,6-9H,1,4-5H2,2H3. The first-order valence-corrected chi connectivity index (χ1v) is 5.63. The summed E-state index contributed by atoms with van der Waals surface area (Å²) in [5, 5.41) is 0. The Kier molecular flexibility index (Phi) is 4.47.